The zero-order valence-electron chi connectivity index (χ0n) is 11.2. The monoisotopic (exact) mass is 238 g/mol. The largest absolute Gasteiger partial charge is 0.377 e. The van der Waals surface area contributed by atoms with Gasteiger partial charge in [-0.25, -0.2) is 0 Å². The highest BCUT2D eigenvalue weighted by Gasteiger charge is 2.40. The van der Waals surface area contributed by atoms with Crippen LogP contribution in [0.4, 0.5) is 0 Å². The standard InChI is InChI=1S/C13H22N2O2/c1-5-12(2,9-14)11(16)15-8-6-7-13(3,10-15)17-4/h5-8,10H2,1-4H3. The van der Waals surface area contributed by atoms with Crippen LogP contribution in [-0.4, -0.2) is 36.6 Å². The van der Waals surface area contributed by atoms with Gasteiger partial charge in [-0.05, 0) is 33.1 Å². The molecule has 1 rings (SSSR count). The Labute approximate surface area is 104 Å². The molecule has 2 atom stereocenters. The van der Waals surface area contributed by atoms with Gasteiger partial charge >= 0.3 is 0 Å². The lowest BCUT2D eigenvalue weighted by Crippen LogP contribution is -2.53. The highest BCUT2D eigenvalue weighted by Crippen LogP contribution is 2.29. The topological polar surface area (TPSA) is 53.3 Å². The summed E-state index contributed by atoms with van der Waals surface area (Å²) < 4.78 is 5.46. The zero-order valence-corrected chi connectivity index (χ0v) is 11.2. The predicted molar refractivity (Wildman–Crippen MR) is 65.2 cm³/mol. The molecular weight excluding hydrogens is 216 g/mol. The van der Waals surface area contributed by atoms with E-state index in [1.54, 1.807) is 18.9 Å². The van der Waals surface area contributed by atoms with Crippen LogP contribution in [0.25, 0.3) is 0 Å². The Balaban J connectivity index is 2.81. The van der Waals surface area contributed by atoms with Gasteiger partial charge in [-0.2, -0.15) is 5.26 Å². The van der Waals surface area contributed by atoms with Gasteiger partial charge in [-0.15, -0.1) is 0 Å². The number of hydrogen-bond donors (Lipinski definition) is 0. The van der Waals surface area contributed by atoms with E-state index < -0.39 is 5.41 Å². The molecule has 4 heteroatoms. The molecule has 0 aromatic heterocycles. The third kappa shape index (κ3) is 2.78. The number of rotatable bonds is 3. The normalized spacial score (nSPS) is 28.3. The van der Waals surface area contributed by atoms with Crippen molar-refractivity contribution < 1.29 is 9.53 Å². The first-order valence-corrected chi connectivity index (χ1v) is 6.16. The lowest BCUT2D eigenvalue weighted by molar-refractivity contribution is -0.146. The second kappa shape index (κ2) is 5.05. The van der Waals surface area contributed by atoms with Crippen LogP contribution in [0.1, 0.15) is 40.0 Å². The van der Waals surface area contributed by atoms with E-state index in [0.29, 0.717) is 13.0 Å². The van der Waals surface area contributed by atoms with Crippen LogP contribution >= 0.6 is 0 Å². The quantitative estimate of drug-likeness (QED) is 0.755. The molecule has 1 fully saturated rings. The molecule has 0 aromatic rings. The first kappa shape index (κ1) is 14.0. The van der Waals surface area contributed by atoms with E-state index >= 15 is 0 Å². The second-order valence-electron chi connectivity index (χ2n) is 5.28. The lowest BCUT2D eigenvalue weighted by Gasteiger charge is -2.41. The smallest absolute Gasteiger partial charge is 0.242 e. The maximum Gasteiger partial charge on any atom is 0.242 e. The summed E-state index contributed by atoms with van der Waals surface area (Å²) in [4.78, 5) is 14.1. The van der Waals surface area contributed by atoms with Gasteiger partial charge in [0.05, 0.1) is 11.7 Å². The van der Waals surface area contributed by atoms with Crippen LogP contribution in [-0.2, 0) is 9.53 Å². The lowest BCUT2D eigenvalue weighted by atomic mass is 9.85. The molecule has 0 spiro atoms. The highest BCUT2D eigenvalue weighted by atomic mass is 16.5. The van der Waals surface area contributed by atoms with Crippen molar-refractivity contribution in [3.63, 3.8) is 0 Å². The molecule has 0 radical (unpaired) electrons. The minimum Gasteiger partial charge on any atom is -0.377 e. The number of carbonyl (C=O) groups is 1. The van der Waals surface area contributed by atoms with Gasteiger partial charge in [0, 0.05) is 20.2 Å². The van der Waals surface area contributed by atoms with Crippen molar-refractivity contribution in [2.75, 3.05) is 20.2 Å². The summed E-state index contributed by atoms with van der Waals surface area (Å²) in [6.07, 6.45) is 2.44. The maximum absolute atomic E-state index is 12.3. The minimum absolute atomic E-state index is 0.0644. The molecule has 0 aliphatic carbocycles. The molecule has 1 heterocycles. The second-order valence-corrected chi connectivity index (χ2v) is 5.28. The minimum atomic E-state index is -0.897. The Morgan fingerprint density at radius 2 is 2.29 bits per heavy atom. The fourth-order valence-electron chi connectivity index (χ4n) is 2.17. The van der Waals surface area contributed by atoms with Crippen molar-refractivity contribution in [3.8, 4) is 6.07 Å². The number of ether oxygens (including phenoxy) is 1. The molecule has 2 unspecified atom stereocenters. The third-order valence-corrected chi connectivity index (χ3v) is 3.86. The molecule has 1 amide bonds. The molecular formula is C13H22N2O2. The summed E-state index contributed by atoms with van der Waals surface area (Å²) in [5, 5.41) is 9.14. The van der Waals surface area contributed by atoms with Crippen molar-refractivity contribution in [1.29, 1.82) is 5.26 Å². The Hall–Kier alpha value is -1.08. The van der Waals surface area contributed by atoms with Gasteiger partial charge in [-0.3, -0.25) is 4.79 Å². The molecule has 4 nitrogen and oxygen atoms in total. The summed E-state index contributed by atoms with van der Waals surface area (Å²) >= 11 is 0. The maximum atomic E-state index is 12.3. The molecule has 0 saturated carbocycles. The number of methoxy groups -OCH3 is 1. The van der Waals surface area contributed by atoms with Crippen molar-refractivity contribution in [2.24, 2.45) is 5.41 Å². The first-order chi connectivity index (χ1) is 7.90. The molecule has 1 aliphatic rings. The third-order valence-electron chi connectivity index (χ3n) is 3.86. The molecule has 1 saturated heterocycles. The van der Waals surface area contributed by atoms with Crippen LogP contribution in [0.5, 0.6) is 0 Å². The van der Waals surface area contributed by atoms with Crippen LogP contribution in [0, 0.1) is 16.7 Å². The summed E-state index contributed by atoms with van der Waals surface area (Å²) in [6, 6.07) is 2.14. The molecule has 0 bridgehead atoms. The Morgan fingerprint density at radius 1 is 1.65 bits per heavy atom. The first-order valence-electron chi connectivity index (χ1n) is 6.16. The number of nitrogens with zero attached hydrogens (tertiary/aromatic N) is 2. The molecule has 0 N–H and O–H groups in total. The van der Waals surface area contributed by atoms with Crippen LogP contribution in [0.15, 0.2) is 0 Å². The van der Waals surface area contributed by atoms with Crippen molar-refractivity contribution >= 4 is 5.91 Å². The van der Waals surface area contributed by atoms with Crippen molar-refractivity contribution in [1.82, 2.24) is 4.90 Å². The van der Waals surface area contributed by atoms with Gasteiger partial charge in [0.2, 0.25) is 5.91 Å². The van der Waals surface area contributed by atoms with E-state index in [0.717, 1.165) is 19.4 Å². The van der Waals surface area contributed by atoms with Crippen molar-refractivity contribution in [3.05, 3.63) is 0 Å². The fraction of sp³-hybridized carbons (Fsp3) is 0.846. The zero-order chi connectivity index (χ0) is 13.1. The summed E-state index contributed by atoms with van der Waals surface area (Å²) in [6.45, 7) is 6.92. The van der Waals surface area contributed by atoms with Crippen LogP contribution < -0.4 is 0 Å². The molecule has 96 valence electrons. The van der Waals surface area contributed by atoms with Gasteiger partial charge < -0.3 is 9.64 Å². The number of amides is 1. The number of carbonyl (C=O) groups excluding carboxylic acids is 1. The number of hydrogen-bond acceptors (Lipinski definition) is 3. The number of nitriles is 1. The van der Waals surface area contributed by atoms with Crippen molar-refractivity contribution in [2.45, 2.75) is 45.6 Å². The van der Waals surface area contributed by atoms with E-state index in [2.05, 4.69) is 6.07 Å². The Morgan fingerprint density at radius 3 is 2.76 bits per heavy atom. The van der Waals surface area contributed by atoms with E-state index in [1.165, 1.54) is 0 Å². The average Bonchev–Trinajstić information content (AvgIpc) is 2.37. The highest BCUT2D eigenvalue weighted by molar-refractivity contribution is 5.85. The number of likely N-dealkylation sites (tertiary alicyclic amines) is 1. The van der Waals surface area contributed by atoms with E-state index in [9.17, 15) is 4.79 Å². The van der Waals surface area contributed by atoms with E-state index in [4.69, 9.17) is 10.00 Å². The van der Waals surface area contributed by atoms with Crippen LogP contribution in [0.2, 0.25) is 0 Å². The average molecular weight is 238 g/mol. The van der Waals surface area contributed by atoms with Gasteiger partial charge in [0.25, 0.3) is 0 Å². The summed E-state index contributed by atoms with van der Waals surface area (Å²) in [5.41, 5.74) is -1.16. The Kier molecular flexibility index (Phi) is 4.16. The molecule has 17 heavy (non-hydrogen) atoms. The predicted octanol–water partition coefficient (Wildman–Crippen LogP) is 1.95. The summed E-state index contributed by atoms with van der Waals surface area (Å²) in [5.74, 6) is -0.0644. The SMILES string of the molecule is CCC(C)(C#N)C(=O)N1CCCC(C)(OC)C1. The van der Waals surface area contributed by atoms with Gasteiger partial charge in [-0.1, -0.05) is 6.92 Å². The molecule has 1 aliphatic heterocycles. The van der Waals surface area contributed by atoms with Gasteiger partial charge in [0.1, 0.15) is 5.41 Å². The number of piperidine rings is 1. The van der Waals surface area contributed by atoms with E-state index in [-0.39, 0.29) is 11.5 Å². The summed E-state index contributed by atoms with van der Waals surface area (Å²) in [7, 11) is 1.68. The molecule has 0 aromatic carbocycles. The Bertz CT molecular complexity index is 337. The van der Waals surface area contributed by atoms with Crippen LogP contribution in [0.3, 0.4) is 0 Å². The van der Waals surface area contributed by atoms with E-state index in [1.807, 2.05) is 13.8 Å². The fourth-order valence-corrected chi connectivity index (χ4v) is 2.17. The van der Waals surface area contributed by atoms with Gasteiger partial charge in [0.15, 0.2) is 0 Å².